The third-order valence-corrected chi connectivity index (χ3v) is 2.54. The van der Waals surface area contributed by atoms with Crippen LogP contribution in [0.3, 0.4) is 0 Å². The van der Waals surface area contributed by atoms with Gasteiger partial charge in [-0.05, 0) is 18.1 Å². The summed E-state index contributed by atoms with van der Waals surface area (Å²) in [6.45, 7) is 3.87. The smallest absolute Gasteiger partial charge is 0.339 e. The molecule has 1 aromatic heterocycles. The molecule has 17 heavy (non-hydrogen) atoms. The first-order valence-electron chi connectivity index (χ1n) is 5.48. The highest BCUT2D eigenvalue weighted by atomic mass is 16.4. The molecule has 1 N–H and O–H groups in total. The lowest BCUT2D eigenvalue weighted by atomic mass is 10.1. The van der Waals surface area contributed by atoms with E-state index < -0.39 is 5.97 Å². The first-order chi connectivity index (χ1) is 8.09. The molecule has 0 spiro atoms. The van der Waals surface area contributed by atoms with Crippen LogP contribution in [0.15, 0.2) is 36.5 Å². The minimum Gasteiger partial charge on any atom is -0.478 e. The molecule has 0 bridgehead atoms. The van der Waals surface area contributed by atoms with Gasteiger partial charge in [0.05, 0.1) is 11.4 Å². The van der Waals surface area contributed by atoms with Crippen LogP contribution >= 0.6 is 0 Å². The second-order valence-corrected chi connectivity index (χ2v) is 4.17. The molecule has 0 aliphatic carbocycles. The van der Waals surface area contributed by atoms with Crippen molar-refractivity contribution in [3.63, 3.8) is 0 Å². The summed E-state index contributed by atoms with van der Waals surface area (Å²) < 4.78 is 1.61. The topological polar surface area (TPSA) is 55.1 Å². The summed E-state index contributed by atoms with van der Waals surface area (Å²) in [6, 6.07) is 9.49. The Balaban J connectivity index is 2.51. The van der Waals surface area contributed by atoms with E-state index in [2.05, 4.69) is 5.10 Å². The van der Waals surface area contributed by atoms with Crippen LogP contribution in [0.1, 0.15) is 35.8 Å². The molecule has 0 aliphatic rings. The van der Waals surface area contributed by atoms with Crippen molar-refractivity contribution < 1.29 is 9.90 Å². The fourth-order valence-corrected chi connectivity index (χ4v) is 1.69. The Bertz CT molecular complexity index is 530. The largest absolute Gasteiger partial charge is 0.478 e. The summed E-state index contributed by atoms with van der Waals surface area (Å²) in [4.78, 5) is 11.1. The van der Waals surface area contributed by atoms with Crippen molar-refractivity contribution in [3.05, 3.63) is 47.8 Å². The zero-order chi connectivity index (χ0) is 12.4. The number of nitrogens with zero attached hydrogens (tertiary/aromatic N) is 2. The summed E-state index contributed by atoms with van der Waals surface area (Å²) in [5.41, 5.74) is 1.74. The number of rotatable bonds is 3. The molecule has 0 saturated heterocycles. The summed E-state index contributed by atoms with van der Waals surface area (Å²) in [6.07, 6.45) is 1.56. The lowest BCUT2D eigenvalue weighted by molar-refractivity contribution is 0.0695. The molecule has 88 valence electrons. The SMILES string of the molecule is CC(C)c1nn(-c2ccccc2)cc1C(=O)O. The van der Waals surface area contributed by atoms with Gasteiger partial charge in [0.25, 0.3) is 0 Å². The molecule has 4 nitrogen and oxygen atoms in total. The molecule has 0 radical (unpaired) electrons. The summed E-state index contributed by atoms with van der Waals surface area (Å²) in [7, 11) is 0. The Morgan fingerprint density at radius 1 is 1.29 bits per heavy atom. The summed E-state index contributed by atoms with van der Waals surface area (Å²) in [5, 5.41) is 13.5. The quantitative estimate of drug-likeness (QED) is 0.882. The number of carbonyl (C=O) groups is 1. The Labute approximate surface area is 99.5 Å². The zero-order valence-electron chi connectivity index (χ0n) is 9.79. The normalized spacial score (nSPS) is 10.8. The van der Waals surface area contributed by atoms with Crippen LogP contribution < -0.4 is 0 Å². The molecule has 0 amide bonds. The van der Waals surface area contributed by atoms with E-state index in [0.29, 0.717) is 5.69 Å². The van der Waals surface area contributed by atoms with E-state index in [1.165, 1.54) is 0 Å². The Hall–Kier alpha value is -2.10. The van der Waals surface area contributed by atoms with E-state index in [1.54, 1.807) is 10.9 Å². The van der Waals surface area contributed by atoms with Crippen molar-refractivity contribution in [3.8, 4) is 5.69 Å². The lowest BCUT2D eigenvalue weighted by Gasteiger charge is -2.01. The van der Waals surface area contributed by atoms with Gasteiger partial charge in [-0.1, -0.05) is 32.0 Å². The second-order valence-electron chi connectivity index (χ2n) is 4.17. The number of aromatic carboxylic acids is 1. The van der Waals surface area contributed by atoms with Gasteiger partial charge in [-0.25, -0.2) is 9.48 Å². The summed E-state index contributed by atoms with van der Waals surface area (Å²) >= 11 is 0. The van der Waals surface area contributed by atoms with Gasteiger partial charge < -0.3 is 5.11 Å². The number of hydrogen-bond donors (Lipinski definition) is 1. The molecule has 2 aromatic rings. The number of para-hydroxylation sites is 1. The number of benzene rings is 1. The average molecular weight is 230 g/mol. The standard InChI is InChI=1S/C13H14N2O2/c1-9(2)12-11(13(16)17)8-15(14-12)10-6-4-3-5-7-10/h3-9H,1-2H3,(H,16,17). The lowest BCUT2D eigenvalue weighted by Crippen LogP contribution is -2.01. The highest BCUT2D eigenvalue weighted by Crippen LogP contribution is 2.19. The van der Waals surface area contributed by atoms with Crippen LogP contribution in [-0.2, 0) is 0 Å². The number of carboxylic acid groups (broad SMARTS) is 1. The van der Waals surface area contributed by atoms with Crippen molar-refractivity contribution in [2.75, 3.05) is 0 Å². The van der Waals surface area contributed by atoms with Gasteiger partial charge in [-0.15, -0.1) is 0 Å². The van der Waals surface area contributed by atoms with E-state index in [0.717, 1.165) is 5.69 Å². The van der Waals surface area contributed by atoms with Crippen molar-refractivity contribution in [1.29, 1.82) is 0 Å². The third kappa shape index (κ3) is 2.20. The number of aromatic nitrogens is 2. The van der Waals surface area contributed by atoms with Crippen molar-refractivity contribution >= 4 is 5.97 Å². The maximum Gasteiger partial charge on any atom is 0.339 e. The summed E-state index contributed by atoms with van der Waals surface area (Å²) in [5.74, 6) is -0.845. The first kappa shape index (κ1) is 11.4. The molecule has 1 heterocycles. The van der Waals surface area contributed by atoms with E-state index in [9.17, 15) is 4.79 Å². The number of hydrogen-bond acceptors (Lipinski definition) is 2. The fourth-order valence-electron chi connectivity index (χ4n) is 1.69. The van der Waals surface area contributed by atoms with E-state index >= 15 is 0 Å². The van der Waals surface area contributed by atoms with Crippen LogP contribution in [0.25, 0.3) is 5.69 Å². The Morgan fingerprint density at radius 2 is 1.94 bits per heavy atom. The van der Waals surface area contributed by atoms with E-state index in [1.807, 2.05) is 44.2 Å². The van der Waals surface area contributed by atoms with Gasteiger partial charge in [0.15, 0.2) is 0 Å². The predicted octanol–water partition coefficient (Wildman–Crippen LogP) is 2.69. The van der Waals surface area contributed by atoms with Crippen molar-refractivity contribution in [2.45, 2.75) is 19.8 Å². The average Bonchev–Trinajstić information content (AvgIpc) is 2.75. The molecular formula is C13H14N2O2. The molecule has 0 fully saturated rings. The minimum atomic E-state index is -0.934. The van der Waals surface area contributed by atoms with Crippen LogP contribution in [0.5, 0.6) is 0 Å². The van der Waals surface area contributed by atoms with Gasteiger partial charge in [-0.2, -0.15) is 5.10 Å². The van der Waals surface area contributed by atoms with Crippen LogP contribution in [-0.4, -0.2) is 20.9 Å². The first-order valence-corrected chi connectivity index (χ1v) is 5.48. The van der Waals surface area contributed by atoms with Gasteiger partial charge in [0.2, 0.25) is 0 Å². The molecule has 0 atom stereocenters. The molecule has 0 aliphatic heterocycles. The maximum absolute atomic E-state index is 11.1. The van der Waals surface area contributed by atoms with Crippen LogP contribution in [0.2, 0.25) is 0 Å². The zero-order valence-corrected chi connectivity index (χ0v) is 9.79. The van der Waals surface area contributed by atoms with E-state index in [4.69, 9.17) is 5.11 Å². The van der Waals surface area contributed by atoms with Gasteiger partial charge >= 0.3 is 5.97 Å². The maximum atomic E-state index is 11.1. The monoisotopic (exact) mass is 230 g/mol. The van der Waals surface area contributed by atoms with Crippen molar-refractivity contribution in [2.24, 2.45) is 0 Å². The number of carboxylic acids is 1. The Kier molecular flexibility index (Phi) is 2.95. The van der Waals surface area contributed by atoms with Crippen molar-refractivity contribution in [1.82, 2.24) is 9.78 Å². The molecular weight excluding hydrogens is 216 g/mol. The van der Waals surface area contributed by atoms with Gasteiger partial charge in [0, 0.05) is 6.20 Å². The molecule has 2 rings (SSSR count). The molecule has 0 saturated carbocycles. The van der Waals surface area contributed by atoms with Gasteiger partial charge in [-0.3, -0.25) is 0 Å². The minimum absolute atomic E-state index is 0.0889. The predicted molar refractivity (Wildman–Crippen MR) is 64.6 cm³/mol. The second kappa shape index (κ2) is 4.41. The van der Waals surface area contributed by atoms with Gasteiger partial charge in [0.1, 0.15) is 5.56 Å². The highest BCUT2D eigenvalue weighted by molar-refractivity contribution is 5.88. The van der Waals surface area contributed by atoms with Crippen LogP contribution in [0.4, 0.5) is 0 Å². The van der Waals surface area contributed by atoms with Crippen LogP contribution in [0, 0.1) is 0 Å². The Morgan fingerprint density at radius 3 is 2.41 bits per heavy atom. The molecule has 0 unspecified atom stereocenters. The third-order valence-electron chi connectivity index (χ3n) is 2.54. The van der Waals surface area contributed by atoms with E-state index in [-0.39, 0.29) is 11.5 Å². The highest BCUT2D eigenvalue weighted by Gasteiger charge is 2.18. The fraction of sp³-hybridized carbons (Fsp3) is 0.231. The molecule has 4 heteroatoms. The molecule has 1 aromatic carbocycles.